The second-order valence-corrected chi connectivity index (χ2v) is 11.2. The van der Waals surface area contributed by atoms with E-state index in [1.54, 1.807) is 42.5 Å². The molecule has 31 heavy (non-hydrogen) atoms. The number of nitrogens with two attached hydrogens (primary N) is 1. The number of thiazole rings is 1. The summed E-state index contributed by atoms with van der Waals surface area (Å²) in [6.45, 7) is 3.97. The van der Waals surface area contributed by atoms with Crippen molar-refractivity contribution in [1.82, 2.24) is 4.98 Å². The van der Waals surface area contributed by atoms with Crippen LogP contribution in [0.2, 0.25) is 10.0 Å². The number of carbonyl (C=O) groups is 1. The first-order valence-electron chi connectivity index (χ1n) is 9.43. The summed E-state index contributed by atoms with van der Waals surface area (Å²) in [6, 6.07) is 11.2. The Kier molecular flexibility index (Phi) is 7.26. The van der Waals surface area contributed by atoms with Crippen LogP contribution in [0.5, 0.6) is 0 Å². The van der Waals surface area contributed by atoms with Gasteiger partial charge < -0.3 is 11.1 Å². The summed E-state index contributed by atoms with van der Waals surface area (Å²) in [6.07, 6.45) is 0.604. The van der Waals surface area contributed by atoms with Crippen molar-refractivity contribution in [1.29, 1.82) is 0 Å². The molecule has 1 heterocycles. The number of aromatic nitrogens is 1. The number of nitrogen functional groups attached to an aromatic ring is 1. The maximum Gasteiger partial charge on any atom is 0.209 e. The highest BCUT2D eigenvalue weighted by Gasteiger charge is 2.23. The number of halogens is 2. The van der Waals surface area contributed by atoms with E-state index in [1.165, 1.54) is 0 Å². The molecule has 0 aliphatic rings. The van der Waals surface area contributed by atoms with Gasteiger partial charge in [0.25, 0.3) is 0 Å². The van der Waals surface area contributed by atoms with E-state index in [-0.39, 0.29) is 37.0 Å². The van der Waals surface area contributed by atoms with Gasteiger partial charge in [0.2, 0.25) is 5.78 Å². The molecule has 0 aliphatic carbocycles. The lowest BCUT2D eigenvalue weighted by Gasteiger charge is -2.08. The Hall–Kier alpha value is -2.13. The van der Waals surface area contributed by atoms with Gasteiger partial charge in [-0.05, 0) is 48.7 Å². The number of hydrogen-bond acceptors (Lipinski definition) is 7. The molecule has 10 heteroatoms. The monoisotopic (exact) mass is 497 g/mol. The number of nitrogens with zero attached hydrogens (tertiary/aromatic N) is 1. The van der Waals surface area contributed by atoms with Crippen molar-refractivity contribution >= 4 is 66.8 Å². The zero-order valence-corrected chi connectivity index (χ0v) is 20.0. The van der Waals surface area contributed by atoms with Crippen molar-refractivity contribution in [2.75, 3.05) is 16.8 Å². The van der Waals surface area contributed by atoms with Gasteiger partial charge in [-0.25, -0.2) is 13.4 Å². The van der Waals surface area contributed by atoms with Crippen LogP contribution in [-0.4, -0.2) is 24.9 Å². The van der Waals surface area contributed by atoms with Gasteiger partial charge in [-0.1, -0.05) is 54.5 Å². The molecule has 2 aromatic carbocycles. The third kappa shape index (κ3) is 5.57. The van der Waals surface area contributed by atoms with Crippen LogP contribution in [0.25, 0.3) is 0 Å². The second kappa shape index (κ2) is 9.56. The van der Waals surface area contributed by atoms with Gasteiger partial charge in [-0.15, -0.1) is 0 Å². The van der Waals surface area contributed by atoms with Crippen LogP contribution in [0.15, 0.2) is 47.4 Å². The molecular weight excluding hydrogens is 477 g/mol. The lowest BCUT2D eigenvalue weighted by Crippen LogP contribution is -2.09. The molecule has 0 saturated heterocycles. The number of carbonyl (C=O) groups excluding carboxylic acids is 1. The maximum absolute atomic E-state index is 12.9. The van der Waals surface area contributed by atoms with E-state index >= 15 is 0 Å². The number of benzene rings is 2. The van der Waals surface area contributed by atoms with Crippen LogP contribution in [-0.2, 0) is 9.84 Å². The van der Waals surface area contributed by atoms with Gasteiger partial charge in [-0.2, -0.15) is 0 Å². The van der Waals surface area contributed by atoms with Crippen molar-refractivity contribution in [3.05, 3.63) is 63.0 Å². The Morgan fingerprint density at radius 2 is 1.74 bits per heavy atom. The quantitative estimate of drug-likeness (QED) is 0.379. The first kappa shape index (κ1) is 23.5. The molecule has 164 valence electrons. The molecule has 0 bridgehead atoms. The molecule has 0 atom stereocenters. The summed E-state index contributed by atoms with van der Waals surface area (Å²) < 4.78 is 24.8. The molecule has 6 nitrogen and oxygen atoms in total. The molecule has 3 N–H and O–H groups in total. The smallest absolute Gasteiger partial charge is 0.209 e. The Balaban J connectivity index is 1.78. The Bertz CT molecular complexity index is 1190. The van der Waals surface area contributed by atoms with Crippen molar-refractivity contribution in [2.45, 2.75) is 25.2 Å². The van der Waals surface area contributed by atoms with Crippen LogP contribution in [0, 0.1) is 5.92 Å². The normalized spacial score (nSPS) is 11.6. The second-order valence-electron chi connectivity index (χ2n) is 7.31. The number of anilines is 3. The SMILES string of the molecule is CC(C)CCS(=O)(=O)c1ccc(Nc2nc(N)c(C(=O)c3c(Cl)cccc3Cl)s2)cc1. The van der Waals surface area contributed by atoms with Gasteiger partial charge in [0.15, 0.2) is 15.0 Å². The summed E-state index contributed by atoms with van der Waals surface area (Å²) in [5, 5.41) is 3.89. The maximum atomic E-state index is 12.9. The van der Waals surface area contributed by atoms with Gasteiger partial charge in [0.05, 0.1) is 26.3 Å². The Morgan fingerprint density at radius 1 is 1.13 bits per heavy atom. The number of sulfone groups is 1. The van der Waals surface area contributed by atoms with E-state index in [9.17, 15) is 13.2 Å². The number of ketones is 1. The summed E-state index contributed by atoms with van der Waals surface area (Å²) >= 11 is 13.3. The topological polar surface area (TPSA) is 102 Å². The number of hydrogen-bond donors (Lipinski definition) is 2. The molecule has 0 unspecified atom stereocenters. The minimum atomic E-state index is -3.33. The van der Waals surface area contributed by atoms with Crippen LogP contribution in [0.4, 0.5) is 16.6 Å². The van der Waals surface area contributed by atoms with Crippen LogP contribution in [0.3, 0.4) is 0 Å². The first-order valence-corrected chi connectivity index (χ1v) is 12.7. The van der Waals surface area contributed by atoms with E-state index < -0.39 is 15.6 Å². The molecule has 3 aromatic rings. The predicted molar refractivity (Wildman–Crippen MR) is 128 cm³/mol. The largest absolute Gasteiger partial charge is 0.382 e. The molecule has 0 spiro atoms. The molecule has 0 amide bonds. The standard InChI is InChI=1S/C21H21Cl2N3O3S2/c1-12(2)10-11-31(28,29)14-8-6-13(7-9-14)25-21-26-20(24)19(30-21)18(27)17-15(22)4-3-5-16(17)23/h3-9,12H,10-11,24H2,1-2H3,(H,25,26). The minimum absolute atomic E-state index is 0.0568. The zero-order chi connectivity index (χ0) is 22.8. The fourth-order valence-corrected chi connectivity index (χ4v) is 5.74. The summed E-state index contributed by atoms with van der Waals surface area (Å²) in [5.41, 5.74) is 6.73. The van der Waals surface area contributed by atoms with Crippen molar-refractivity contribution in [2.24, 2.45) is 5.92 Å². The molecular formula is C21H21Cl2N3O3S2. The van der Waals surface area contributed by atoms with E-state index in [0.717, 1.165) is 11.3 Å². The molecule has 0 saturated carbocycles. The van der Waals surface area contributed by atoms with Crippen molar-refractivity contribution in [3.63, 3.8) is 0 Å². The predicted octanol–water partition coefficient (Wildman–Crippen LogP) is 5.83. The van der Waals surface area contributed by atoms with Crippen LogP contribution >= 0.6 is 34.5 Å². The minimum Gasteiger partial charge on any atom is -0.382 e. The lowest BCUT2D eigenvalue weighted by atomic mass is 10.1. The summed E-state index contributed by atoms with van der Waals surface area (Å²) in [4.78, 5) is 17.5. The summed E-state index contributed by atoms with van der Waals surface area (Å²) in [5.74, 6) is 0.0616. The number of nitrogens with one attached hydrogen (secondary N) is 1. The summed E-state index contributed by atoms with van der Waals surface area (Å²) in [7, 11) is -3.33. The van der Waals surface area contributed by atoms with Crippen molar-refractivity contribution < 1.29 is 13.2 Å². The van der Waals surface area contributed by atoms with Crippen LogP contribution < -0.4 is 11.1 Å². The zero-order valence-electron chi connectivity index (χ0n) is 16.9. The average Bonchev–Trinajstić information content (AvgIpc) is 3.06. The van der Waals surface area contributed by atoms with Gasteiger partial charge >= 0.3 is 0 Å². The lowest BCUT2D eigenvalue weighted by molar-refractivity contribution is 0.104. The molecule has 0 aliphatic heterocycles. The Labute approximate surface area is 195 Å². The van der Waals surface area contributed by atoms with Crippen LogP contribution in [0.1, 0.15) is 35.5 Å². The van der Waals surface area contributed by atoms with E-state index in [4.69, 9.17) is 28.9 Å². The fraction of sp³-hybridized carbons (Fsp3) is 0.238. The molecule has 3 rings (SSSR count). The third-order valence-electron chi connectivity index (χ3n) is 4.48. The average molecular weight is 498 g/mol. The fourth-order valence-electron chi connectivity index (χ4n) is 2.75. The van der Waals surface area contributed by atoms with E-state index in [2.05, 4.69) is 10.3 Å². The molecule has 0 fully saturated rings. The third-order valence-corrected chi connectivity index (χ3v) is 7.86. The van der Waals surface area contributed by atoms with Gasteiger partial charge in [0.1, 0.15) is 10.7 Å². The first-order chi connectivity index (χ1) is 14.6. The Morgan fingerprint density at radius 3 is 2.32 bits per heavy atom. The highest BCUT2D eigenvalue weighted by atomic mass is 35.5. The van der Waals surface area contributed by atoms with Gasteiger partial charge in [0, 0.05) is 5.69 Å². The molecule has 0 radical (unpaired) electrons. The van der Waals surface area contributed by atoms with E-state index in [1.807, 2.05) is 13.8 Å². The molecule has 1 aromatic heterocycles. The van der Waals surface area contributed by atoms with Crippen molar-refractivity contribution in [3.8, 4) is 0 Å². The van der Waals surface area contributed by atoms with E-state index in [0.29, 0.717) is 23.2 Å². The highest BCUT2D eigenvalue weighted by Crippen LogP contribution is 2.34. The highest BCUT2D eigenvalue weighted by molar-refractivity contribution is 7.91. The number of rotatable bonds is 8. The van der Waals surface area contributed by atoms with Gasteiger partial charge in [-0.3, -0.25) is 4.79 Å².